The molecule has 2 fully saturated rings. The molecule has 0 radical (unpaired) electrons. The number of hydrogen-bond acceptors (Lipinski definition) is 1. The van der Waals surface area contributed by atoms with E-state index in [1.807, 2.05) is 7.05 Å². The third-order valence-electron chi connectivity index (χ3n) is 4.72. The van der Waals surface area contributed by atoms with Gasteiger partial charge in [-0.15, -0.1) is 0 Å². The Morgan fingerprint density at radius 1 is 1.42 bits per heavy atom. The monoisotopic (exact) mass is 165 g/mol. The maximum atomic E-state index is 4.44. The van der Waals surface area contributed by atoms with E-state index >= 15 is 0 Å². The highest BCUT2D eigenvalue weighted by atomic mass is 14.8. The molecule has 1 heteroatoms. The highest BCUT2D eigenvalue weighted by molar-refractivity contribution is 5.93. The summed E-state index contributed by atoms with van der Waals surface area (Å²) in [5.74, 6) is 2.71. The van der Waals surface area contributed by atoms with Gasteiger partial charge < -0.3 is 0 Å². The first kappa shape index (κ1) is 8.28. The molecular formula is C11H19N. The molecule has 0 spiro atoms. The summed E-state index contributed by atoms with van der Waals surface area (Å²) in [6.07, 6.45) is 2.64. The van der Waals surface area contributed by atoms with Crippen molar-refractivity contribution in [3.8, 4) is 0 Å². The maximum Gasteiger partial charge on any atom is 0.0276 e. The van der Waals surface area contributed by atoms with E-state index in [0.29, 0.717) is 5.41 Å². The lowest BCUT2D eigenvalue weighted by molar-refractivity contribution is -0.0210. The molecule has 0 aromatic heterocycles. The smallest absolute Gasteiger partial charge is 0.0276 e. The van der Waals surface area contributed by atoms with E-state index in [1.54, 1.807) is 0 Å². The molecule has 0 aromatic rings. The summed E-state index contributed by atoms with van der Waals surface area (Å²) in [5, 5.41) is 0. The number of aliphatic imine (C=N–C) groups is 1. The number of hydrogen-bond donors (Lipinski definition) is 0. The van der Waals surface area contributed by atoms with Gasteiger partial charge in [-0.25, -0.2) is 0 Å². The van der Waals surface area contributed by atoms with Gasteiger partial charge in [-0.1, -0.05) is 20.8 Å². The summed E-state index contributed by atoms with van der Waals surface area (Å²) in [5.41, 5.74) is 1.96. The summed E-state index contributed by atoms with van der Waals surface area (Å²) < 4.78 is 0. The molecule has 0 heterocycles. The Kier molecular flexibility index (Phi) is 1.61. The quantitative estimate of drug-likeness (QED) is 0.523. The van der Waals surface area contributed by atoms with Crippen LogP contribution in [0.2, 0.25) is 0 Å². The Hall–Kier alpha value is -0.330. The maximum absolute atomic E-state index is 4.44. The van der Waals surface area contributed by atoms with Gasteiger partial charge in [0.25, 0.3) is 0 Å². The molecule has 1 nitrogen and oxygen atoms in total. The van der Waals surface area contributed by atoms with E-state index in [4.69, 9.17) is 0 Å². The van der Waals surface area contributed by atoms with Crippen molar-refractivity contribution in [1.29, 1.82) is 0 Å². The van der Waals surface area contributed by atoms with E-state index in [0.717, 1.165) is 17.8 Å². The molecule has 0 aromatic carbocycles. The predicted octanol–water partition coefficient (Wildman–Crippen LogP) is 2.76. The average Bonchev–Trinajstić information content (AvgIpc) is 2.39. The molecule has 68 valence electrons. The second-order valence-corrected chi connectivity index (χ2v) is 4.75. The molecule has 0 bridgehead atoms. The highest BCUT2D eigenvalue weighted by Gasteiger charge is 2.59. The average molecular weight is 165 g/mol. The third-order valence-corrected chi connectivity index (χ3v) is 4.72. The van der Waals surface area contributed by atoms with Crippen LogP contribution in [0.4, 0.5) is 0 Å². The number of nitrogens with zero attached hydrogens (tertiary/aromatic N) is 1. The molecule has 2 rings (SSSR count). The van der Waals surface area contributed by atoms with Crippen LogP contribution in [0.5, 0.6) is 0 Å². The fourth-order valence-electron chi connectivity index (χ4n) is 3.61. The van der Waals surface area contributed by atoms with Crippen LogP contribution in [0.15, 0.2) is 4.99 Å². The van der Waals surface area contributed by atoms with Gasteiger partial charge in [-0.3, -0.25) is 4.99 Å². The number of rotatable bonds is 0. The first-order valence-electron chi connectivity index (χ1n) is 5.08. The van der Waals surface area contributed by atoms with E-state index in [1.165, 1.54) is 18.6 Å². The van der Waals surface area contributed by atoms with Crippen LogP contribution in [0.1, 0.15) is 33.6 Å². The Morgan fingerprint density at radius 2 is 2.08 bits per heavy atom. The molecule has 2 aliphatic rings. The fraction of sp³-hybridized carbons (Fsp3) is 0.909. The van der Waals surface area contributed by atoms with Crippen molar-refractivity contribution in [3.05, 3.63) is 0 Å². The van der Waals surface area contributed by atoms with E-state index in [2.05, 4.69) is 25.8 Å². The van der Waals surface area contributed by atoms with Crippen LogP contribution in [0.25, 0.3) is 0 Å². The van der Waals surface area contributed by atoms with Gasteiger partial charge >= 0.3 is 0 Å². The van der Waals surface area contributed by atoms with Crippen molar-refractivity contribution < 1.29 is 0 Å². The Labute approximate surface area is 75.3 Å². The van der Waals surface area contributed by atoms with Crippen molar-refractivity contribution >= 4 is 5.71 Å². The summed E-state index contributed by atoms with van der Waals surface area (Å²) >= 11 is 0. The molecule has 0 amide bonds. The standard InChI is InChI=1S/C11H19N/c1-7-8(2)11(3)9(7)5-6-10(11)12-4/h7-9H,5-6H2,1-4H3/b12-10+/t7?,8?,9-,11-/m0/s1. The SMILES string of the molecule is C/N=C1\CC[C@H]2C(C)C(C)[C@]12C. The zero-order chi connectivity index (χ0) is 8.93. The van der Waals surface area contributed by atoms with Gasteiger partial charge in [0.05, 0.1) is 0 Å². The lowest BCUT2D eigenvalue weighted by Crippen LogP contribution is -2.52. The zero-order valence-electron chi connectivity index (χ0n) is 8.59. The van der Waals surface area contributed by atoms with Crippen LogP contribution >= 0.6 is 0 Å². The summed E-state index contributed by atoms with van der Waals surface area (Å²) in [7, 11) is 1.96. The molecule has 4 atom stereocenters. The Morgan fingerprint density at radius 3 is 2.67 bits per heavy atom. The molecule has 12 heavy (non-hydrogen) atoms. The second-order valence-electron chi connectivity index (χ2n) is 4.75. The largest absolute Gasteiger partial charge is 0.297 e. The lowest BCUT2D eigenvalue weighted by Gasteiger charge is -2.54. The first-order chi connectivity index (χ1) is 5.62. The van der Waals surface area contributed by atoms with Crippen LogP contribution in [0, 0.1) is 23.2 Å². The predicted molar refractivity (Wildman–Crippen MR) is 52.5 cm³/mol. The molecule has 0 saturated heterocycles. The summed E-state index contributed by atoms with van der Waals surface area (Å²) in [6, 6.07) is 0. The van der Waals surface area contributed by atoms with Crippen molar-refractivity contribution in [1.82, 2.24) is 0 Å². The van der Waals surface area contributed by atoms with E-state index < -0.39 is 0 Å². The van der Waals surface area contributed by atoms with E-state index in [9.17, 15) is 0 Å². The molecule has 2 aliphatic carbocycles. The van der Waals surface area contributed by atoms with Gasteiger partial charge in [0.2, 0.25) is 0 Å². The molecule has 0 aliphatic heterocycles. The topological polar surface area (TPSA) is 12.4 Å². The summed E-state index contributed by atoms with van der Waals surface area (Å²) in [4.78, 5) is 4.44. The lowest BCUT2D eigenvalue weighted by atomic mass is 9.49. The van der Waals surface area contributed by atoms with Gasteiger partial charge in [0, 0.05) is 18.2 Å². The Balaban J connectivity index is 2.31. The normalized spacial score (nSPS) is 55.3. The van der Waals surface area contributed by atoms with Gasteiger partial charge in [0.1, 0.15) is 0 Å². The summed E-state index contributed by atoms with van der Waals surface area (Å²) in [6.45, 7) is 7.20. The first-order valence-corrected chi connectivity index (χ1v) is 5.08. The zero-order valence-corrected chi connectivity index (χ0v) is 8.59. The molecule has 0 N–H and O–H groups in total. The minimum atomic E-state index is 0.480. The molecular weight excluding hydrogens is 146 g/mol. The molecule has 2 unspecified atom stereocenters. The minimum absolute atomic E-state index is 0.480. The van der Waals surface area contributed by atoms with Gasteiger partial charge in [0.15, 0.2) is 0 Å². The highest BCUT2D eigenvalue weighted by Crippen LogP contribution is 2.62. The van der Waals surface area contributed by atoms with Gasteiger partial charge in [-0.2, -0.15) is 0 Å². The number of fused-ring (bicyclic) bond motifs is 1. The molecule has 2 saturated carbocycles. The van der Waals surface area contributed by atoms with Crippen LogP contribution < -0.4 is 0 Å². The van der Waals surface area contributed by atoms with Crippen molar-refractivity contribution in [3.63, 3.8) is 0 Å². The van der Waals surface area contributed by atoms with Crippen LogP contribution in [0.3, 0.4) is 0 Å². The second kappa shape index (κ2) is 2.34. The van der Waals surface area contributed by atoms with Crippen LogP contribution in [-0.4, -0.2) is 12.8 Å². The van der Waals surface area contributed by atoms with Crippen LogP contribution in [-0.2, 0) is 0 Å². The van der Waals surface area contributed by atoms with Crippen molar-refractivity contribution in [2.45, 2.75) is 33.6 Å². The fourth-order valence-corrected chi connectivity index (χ4v) is 3.61. The van der Waals surface area contributed by atoms with Gasteiger partial charge in [-0.05, 0) is 30.6 Å². The third kappa shape index (κ3) is 0.681. The van der Waals surface area contributed by atoms with Crippen molar-refractivity contribution in [2.75, 3.05) is 7.05 Å². The minimum Gasteiger partial charge on any atom is -0.297 e. The Bertz CT molecular complexity index is 231. The van der Waals surface area contributed by atoms with Crippen molar-refractivity contribution in [2.24, 2.45) is 28.2 Å². The van der Waals surface area contributed by atoms with E-state index in [-0.39, 0.29) is 0 Å².